The normalized spacial score (nSPS) is 16.9. The van der Waals surface area contributed by atoms with E-state index in [0.717, 1.165) is 6.07 Å². The number of benzene rings is 1. The molecule has 1 heterocycles. The first-order valence-corrected chi connectivity index (χ1v) is 5.11. The number of hydrogen-bond acceptors (Lipinski definition) is 3. The Morgan fingerprint density at radius 2 is 1.68 bits per heavy atom. The number of nitrogens with zero attached hydrogens (tertiary/aromatic N) is 1. The van der Waals surface area contributed by atoms with E-state index >= 15 is 0 Å². The first kappa shape index (κ1) is 13.5. The molecule has 0 atom stereocenters. The smallest absolute Gasteiger partial charge is 0.362 e. The van der Waals surface area contributed by atoms with E-state index in [1.807, 2.05) is 0 Å². The number of carbonyl (C=O) groups is 2. The summed E-state index contributed by atoms with van der Waals surface area (Å²) < 4.78 is 55.3. The topological polar surface area (TPSA) is 46.6 Å². The lowest BCUT2D eigenvalue weighted by atomic mass is 10.1. The van der Waals surface area contributed by atoms with Gasteiger partial charge in [-0.05, 0) is 18.2 Å². The van der Waals surface area contributed by atoms with Gasteiger partial charge in [0.2, 0.25) is 0 Å². The maximum Gasteiger partial charge on any atom is 0.419 e. The molecule has 0 unspecified atom stereocenters. The van der Waals surface area contributed by atoms with Gasteiger partial charge >= 0.3 is 6.18 Å². The maximum absolute atomic E-state index is 13.1. The van der Waals surface area contributed by atoms with Gasteiger partial charge in [-0.25, -0.2) is 9.29 Å². The van der Waals surface area contributed by atoms with Gasteiger partial charge in [-0.2, -0.15) is 13.2 Å². The van der Waals surface area contributed by atoms with Gasteiger partial charge in [-0.1, -0.05) is 0 Å². The Morgan fingerprint density at radius 1 is 1.11 bits per heavy atom. The van der Waals surface area contributed by atoms with Crippen LogP contribution in [0.15, 0.2) is 18.2 Å². The van der Waals surface area contributed by atoms with Crippen molar-refractivity contribution in [3.63, 3.8) is 0 Å². The number of morpholine rings is 1. The number of rotatable bonds is 1. The van der Waals surface area contributed by atoms with Crippen LogP contribution in [0, 0.1) is 5.82 Å². The highest BCUT2D eigenvalue weighted by Crippen LogP contribution is 2.34. The molecule has 1 fully saturated rings. The Labute approximate surface area is 104 Å². The second-order valence-electron chi connectivity index (χ2n) is 3.78. The number of hydrogen-bond donors (Lipinski definition) is 0. The molecule has 0 aliphatic carbocycles. The lowest BCUT2D eigenvalue weighted by Gasteiger charge is -2.25. The molecule has 0 saturated carbocycles. The zero-order valence-electron chi connectivity index (χ0n) is 9.33. The fraction of sp³-hybridized carbons (Fsp3) is 0.273. The molecule has 0 radical (unpaired) electrons. The third kappa shape index (κ3) is 2.58. The van der Waals surface area contributed by atoms with Crippen LogP contribution in [0.4, 0.5) is 23.2 Å². The van der Waals surface area contributed by atoms with Crippen molar-refractivity contribution in [2.45, 2.75) is 6.18 Å². The van der Waals surface area contributed by atoms with E-state index in [1.54, 1.807) is 0 Å². The first-order chi connectivity index (χ1) is 8.80. The lowest BCUT2D eigenvalue weighted by Crippen LogP contribution is -2.46. The van der Waals surface area contributed by atoms with Crippen molar-refractivity contribution in [3.8, 4) is 0 Å². The van der Waals surface area contributed by atoms with Gasteiger partial charge in [-0.3, -0.25) is 9.59 Å². The number of halogens is 4. The highest BCUT2D eigenvalue weighted by molar-refractivity contribution is 6.17. The summed E-state index contributed by atoms with van der Waals surface area (Å²) in [7, 11) is 0. The molecule has 1 aliphatic heterocycles. The van der Waals surface area contributed by atoms with Gasteiger partial charge in [-0.15, -0.1) is 0 Å². The fourth-order valence-corrected chi connectivity index (χ4v) is 1.65. The summed E-state index contributed by atoms with van der Waals surface area (Å²) in [6.07, 6.45) is -4.90. The van der Waals surface area contributed by atoms with Crippen LogP contribution in [0.2, 0.25) is 0 Å². The minimum Gasteiger partial charge on any atom is -0.362 e. The molecule has 2 rings (SSSR count). The molecule has 8 heteroatoms. The number of imide groups is 1. The molecule has 1 saturated heterocycles. The summed E-state index contributed by atoms with van der Waals surface area (Å²) in [5, 5.41) is 0. The molecule has 0 spiro atoms. The van der Waals surface area contributed by atoms with Crippen molar-refractivity contribution in [1.82, 2.24) is 0 Å². The zero-order chi connectivity index (χ0) is 14.2. The second kappa shape index (κ2) is 4.61. The molecule has 1 aliphatic rings. The molecule has 4 nitrogen and oxygen atoms in total. The molecular weight excluding hydrogens is 270 g/mol. The predicted molar refractivity (Wildman–Crippen MR) is 54.7 cm³/mol. The van der Waals surface area contributed by atoms with E-state index in [2.05, 4.69) is 4.74 Å². The van der Waals surface area contributed by atoms with Crippen LogP contribution in [0.3, 0.4) is 0 Å². The van der Waals surface area contributed by atoms with Gasteiger partial charge < -0.3 is 4.74 Å². The van der Waals surface area contributed by atoms with Crippen LogP contribution < -0.4 is 4.90 Å². The molecule has 1 aromatic carbocycles. The van der Waals surface area contributed by atoms with E-state index in [1.165, 1.54) is 0 Å². The first-order valence-electron chi connectivity index (χ1n) is 5.11. The third-order valence-electron chi connectivity index (χ3n) is 2.46. The molecule has 1 aromatic rings. The van der Waals surface area contributed by atoms with Crippen LogP contribution in [0.5, 0.6) is 0 Å². The maximum atomic E-state index is 13.1. The Bertz CT molecular complexity index is 525. The average molecular weight is 277 g/mol. The summed E-state index contributed by atoms with van der Waals surface area (Å²) in [6, 6.07) is 1.93. The van der Waals surface area contributed by atoms with Crippen molar-refractivity contribution in [2.75, 3.05) is 18.1 Å². The molecule has 0 N–H and O–H groups in total. The molecule has 0 bridgehead atoms. The Balaban J connectivity index is 2.46. The number of anilines is 1. The van der Waals surface area contributed by atoms with Crippen molar-refractivity contribution in [3.05, 3.63) is 29.6 Å². The molecule has 2 amide bonds. The Hall–Kier alpha value is -1.96. The summed E-state index contributed by atoms with van der Waals surface area (Å²) in [6.45, 7) is -0.824. The summed E-state index contributed by atoms with van der Waals surface area (Å²) >= 11 is 0. The Kier molecular flexibility index (Phi) is 3.27. The van der Waals surface area contributed by atoms with Gasteiger partial charge in [0.15, 0.2) is 0 Å². The van der Waals surface area contributed by atoms with Crippen molar-refractivity contribution < 1.29 is 31.9 Å². The van der Waals surface area contributed by atoms with E-state index < -0.39 is 42.6 Å². The van der Waals surface area contributed by atoms with Crippen LogP contribution in [-0.2, 0) is 20.5 Å². The molecular formula is C11H7F4NO3. The van der Waals surface area contributed by atoms with Crippen LogP contribution in [-0.4, -0.2) is 25.0 Å². The van der Waals surface area contributed by atoms with E-state index in [-0.39, 0.29) is 5.69 Å². The highest BCUT2D eigenvalue weighted by Gasteiger charge is 2.36. The second-order valence-corrected chi connectivity index (χ2v) is 3.78. The van der Waals surface area contributed by atoms with E-state index in [9.17, 15) is 27.2 Å². The number of amides is 2. The molecule has 0 aromatic heterocycles. The average Bonchev–Trinajstić information content (AvgIpc) is 2.29. The van der Waals surface area contributed by atoms with Gasteiger partial charge in [0.25, 0.3) is 11.8 Å². The highest BCUT2D eigenvalue weighted by atomic mass is 19.4. The van der Waals surface area contributed by atoms with Gasteiger partial charge in [0.1, 0.15) is 19.0 Å². The quantitative estimate of drug-likeness (QED) is 0.580. The number of ether oxygens (including phenoxy) is 1. The van der Waals surface area contributed by atoms with Crippen molar-refractivity contribution in [2.24, 2.45) is 0 Å². The molecule has 102 valence electrons. The van der Waals surface area contributed by atoms with Gasteiger partial charge in [0.05, 0.1) is 11.3 Å². The van der Waals surface area contributed by atoms with Crippen molar-refractivity contribution in [1.29, 1.82) is 0 Å². The zero-order valence-corrected chi connectivity index (χ0v) is 9.33. The minimum absolute atomic E-state index is 0.327. The Morgan fingerprint density at radius 3 is 2.21 bits per heavy atom. The number of alkyl halides is 3. The van der Waals surface area contributed by atoms with Crippen molar-refractivity contribution >= 4 is 17.5 Å². The minimum atomic E-state index is -4.90. The van der Waals surface area contributed by atoms with E-state index in [0.29, 0.717) is 17.0 Å². The standard InChI is InChI=1S/C11H7F4NO3/c12-8-2-1-6(3-7(8)11(13,14)15)16-9(17)4-19-5-10(16)18/h1-3H,4-5H2. The predicted octanol–water partition coefficient (Wildman–Crippen LogP) is 1.73. The van der Waals surface area contributed by atoms with Crippen LogP contribution in [0.25, 0.3) is 0 Å². The largest absolute Gasteiger partial charge is 0.419 e. The van der Waals surface area contributed by atoms with Gasteiger partial charge in [0, 0.05) is 0 Å². The lowest BCUT2D eigenvalue weighted by molar-refractivity contribution is -0.141. The number of carbonyl (C=O) groups excluding carboxylic acids is 2. The SMILES string of the molecule is O=C1COCC(=O)N1c1ccc(F)c(C(F)(F)F)c1. The summed E-state index contributed by atoms with van der Waals surface area (Å²) in [5.41, 5.74) is -1.86. The summed E-state index contributed by atoms with van der Waals surface area (Å²) in [5.74, 6) is -3.06. The van der Waals surface area contributed by atoms with E-state index in [4.69, 9.17) is 0 Å². The third-order valence-corrected chi connectivity index (χ3v) is 2.46. The van der Waals surface area contributed by atoms with Crippen LogP contribution in [0.1, 0.15) is 5.56 Å². The summed E-state index contributed by atoms with van der Waals surface area (Å²) in [4.78, 5) is 23.5. The molecule has 19 heavy (non-hydrogen) atoms. The fourth-order valence-electron chi connectivity index (χ4n) is 1.65. The van der Waals surface area contributed by atoms with Crippen LogP contribution >= 0.6 is 0 Å². The monoisotopic (exact) mass is 277 g/mol.